The van der Waals surface area contributed by atoms with Crippen molar-refractivity contribution in [3.63, 3.8) is 0 Å². The lowest BCUT2D eigenvalue weighted by Gasteiger charge is -2.21. The van der Waals surface area contributed by atoms with Gasteiger partial charge in [0.2, 0.25) is 0 Å². The van der Waals surface area contributed by atoms with Gasteiger partial charge < -0.3 is 10.2 Å². The summed E-state index contributed by atoms with van der Waals surface area (Å²) in [4.78, 5) is 14.7. The van der Waals surface area contributed by atoms with Gasteiger partial charge >= 0.3 is 0 Å². The van der Waals surface area contributed by atoms with Crippen molar-refractivity contribution >= 4 is 23.4 Å². The van der Waals surface area contributed by atoms with Gasteiger partial charge in [0.1, 0.15) is 0 Å². The second-order valence-corrected chi connectivity index (χ2v) is 6.40. The molecule has 0 unspecified atom stereocenters. The van der Waals surface area contributed by atoms with Crippen molar-refractivity contribution in [1.29, 1.82) is 0 Å². The first-order valence-corrected chi connectivity index (χ1v) is 8.98. The van der Waals surface area contributed by atoms with E-state index >= 15 is 0 Å². The zero-order valence-corrected chi connectivity index (χ0v) is 15.6. The molecule has 132 valence electrons. The van der Waals surface area contributed by atoms with Crippen LogP contribution in [0.4, 0.5) is 11.4 Å². The first-order chi connectivity index (χ1) is 12.0. The molecule has 0 fully saturated rings. The van der Waals surface area contributed by atoms with E-state index in [0.717, 1.165) is 24.3 Å². The molecule has 1 amide bonds. The van der Waals surface area contributed by atoms with Crippen molar-refractivity contribution in [2.24, 2.45) is 5.92 Å². The number of carbonyl (C=O) groups excluding carboxylic acids is 1. The summed E-state index contributed by atoms with van der Waals surface area (Å²) in [5.41, 5.74) is 3.75. The molecule has 0 heterocycles. The van der Waals surface area contributed by atoms with Gasteiger partial charge in [-0.15, -0.1) is 0 Å². The highest BCUT2D eigenvalue weighted by Crippen LogP contribution is 2.18. The molecule has 0 aromatic heterocycles. The Kier molecular flexibility index (Phi) is 6.81. The Morgan fingerprint density at radius 2 is 1.60 bits per heavy atom. The maximum absolute atomic E-state index is 12.4. The zero-order chi connectivity index (χ0) is 18.2. The summed E-state index contributed by atoms with van der Waals surface area (Å²) in [5, 5.41) is 2.95. The van der Waals surface area contributed by atoms with Crippen molar-refractivity contribution < 1.29 is 4.79 Å². The second kappa shape index (κ2) is 9.07. The Morgan fingerprint density at radius 1 is 1.00 bits per heavy atom. The van der Waals surface area contributed by atoms with Crippen LogP contribution in [0, 0.1) is 5.92 Å². The van der Waals surface area contributed by atoms with Crippen LogP contribution < -0.4 is 10.2 Å². The smallest absolute Gasteiger partial charge is 0.255 e. The number of anilines is 2. The lowest BCUT2D eigenvalue weighted by molar-refractivity contribution is 0.102. The molecule has 0 saturated heterocycles. The predicted molar refractivity (Wildman–Crippen MR) is 108 cm³/mol. The Balaban J connectivity index is 2.02. The molecular formula is C22H28N2O. The van der Waals surface area contributed by atoms with Gasteiger partial charge in [-0.05, 0) is 61.7 Å². The fourth-order valence-electron chi connectivity index (χ4n) is 2.60. The van der Waals surface area contributed by atoms with E-state index in [-0.39, 0.29) is 5.91 Å². The predicted octanol–water partition coefficient (Wildman–Crippen LogP) is 5.45. The summed E-state index contributed by atoms with van der Waals surface area (Å²) in [6.45, 7) is 10.5. The number of rotatable bonds is 7. The van der Waals surface area contributed by atoms with Gasteiger partial charge in [0.15, 0.2) is 0 Å². The standard InChI is InChI=1S/C22H28N2O/c1-5-24(6-2)21-15-13-20(14-16-21)23-22(25)19-11-9-18(10-12-19)8-7-17(3)4/h7-17H,5-6H2,1-4H3,(H,23,25). The molecule has 1 N–H and O–H groups in total. The van der Waals surface area contributed by atoms with E-state index in [1.165, 1.54) is 5.69 Å². The molecular weight excluding hydrogens is 308 g/mol. The highest BCUT2D eigenvalue weighted by Gasteiger charge is 2.07. The third-order valence-electron chi connectivity index (χ3n) is 4.10. The van der Waals surface area contributed by atoms with Crippen molar-refractivity contribution in [3.8, 4) is 0 Å². The van der Waals surface area contributed by atoms with Gasteiger partial charge in [-0.2, -0.15) is 0 Å². The van der Waals surface area contributed by atoms with E-state index in [9.17, 15) is 4.79 Å². The minimum absolute atomic E-state index is 0.0880. The van der Waals surface area contributed by atoms with Gasteiger partial charge in [0, 0.05) is 30.0 Å². The van der Waals surface area contributed by atoms with Gasteiger partial charge in [0.25, 0.3) is 5.91 Å². The Bertz CT molecular complexity index is 696. The number of hydrogen-bond acceptors (Lipinski definition) is 2. The van der Waals surface area contributed by atoms with Gasteiger partial charge in [-0.1, -0.05) is 38.1 Å². The van der Waals surface area contributed by atoms with E-state index in [1.54, 1.807) is 0 Å². The van der Waals surface area contributed by atoms with Crippen molar-refractivity contribution in [2.75, 3.05) is 23.3 Å². The van der Waals surface area contributed by atoms with E-state index < -0.39 is 0 Å². The normalized spacial score (nSPS) is 11.1. The molecule has 0 atom stereocenters. The third-order valence-corrected chi connectivity index (χ3v) is 4.10. The average Bonchev–Trinajstić information content (AvgIpc) is 2.62. The van der Waals surface area contributed by atoms with Crippen LogP contribution in [0.15, 0.2) is 54.6 Å². The fourth-order valence-corrected chi connectivity index (χ4v) is 2.60. The van der Waals surface area contributed by atoms with E-state index in [2.05, 4.69) is 50.1 Å². The fraction of sp³-hybridized carbons (Fsp3) is 0.318. The third kappa shape index (κ3) is 5.49. The number of amides is 1. The maximum atomic E-state index is 12.4. The van der Waals surface area contributed by atoms with Crippen LogP contribution in [0.1, 0.15) is 43.6 Å². The SMILES string of the molecule is CCN(CC)c1ccc(NC(=O)c2ccc(C=CC(C)C)cc2)cc1. The number of allylic oxidation sites excluding steroid dienone is 1. The molecule has 3 nitrogen and oxygen atoms in total. The molecule has 0 spiro atoms. The highest BCUT2D eigenvalue weighted by molar-refractivity contribution is 6.04. The summed E-state index contributed by atoms with van der Waals surface area (Å²) >= 11 is 0. The molecule has 2 rings (SSSR count). The van der Waals surface area contributed by atoms with Gasteiger partial charge in [-0.25, -0.2) is 0 Å². The molecule has 0 saturated carbocycles. The zero-order valence-electron chi connectivity index (χ0n) is 15.6. The van der Waals surface area contributed by atoms with Crippen molar-refractivity contribution in [3.05, 3.63) is 65.7 Å². The summed E-state index contributed by atoms with van der Waals surface area (Å²) in [7, 11) is 0. The molecule has 0 radical (unpaired) electrons. The van der Waals surface area contributed by atoms with Crippen molar-refractivity contribution in [2.45, 2.75) is 27.7 Å². The number of nitrogens with one attached hydrogen (secondary N) is 1. The monoisotopic (exact) mass is 336 g/mol. The maximum Gasteiger partial charge on any atom is 0.255 e. The number of benzene rings is 2. The molecule has 0 bridgehead atoms. The topological polar surface area (TPSA) is 32.3 Å². The quantitative estimate of drug-likeness (QED) is 0.728. The van der Waals surface area contributed by atoms with E-state index in [4.69, 9.17) is 0 Å². The number of carbonyl (C=O) groups is 1. The Morgan fingerprint density at radius 3 is 2.12 bits per heavy atom. The number of nitrogens with zero attached hydrogens (tertiary/aromatic N) is 1. The lowest BCUT2D eigenvalue weighted by Crippen LogP contribution is -2.21. The lowest BCUT2D eigenvalue weighted by atomic mass is 10.1. The van der Waals surface area contributed by atoms with E-state index in [0.29, 0.717) is 11.5 Å². The largest absolute Gasteiger partial charge is 0.372 e. The van der Waals surface area contributed by atoms with Gasteiger partial charge in [0.05, 0.1) is 0 Å². The Hall–Kier alpha value is -2.55. The second-order valence-electron chi connectivity index (χ2n) is 6.40. The summed E-state index contributed by atoms with van der Waals surface area (Å²) in [5.74, 6) is 0.428. The molecule has 2 aromatic carbocycles. The summed E-state index contributed by atoms with van der Waals surface area (Å²) in [6, 6.07) is 15.6. The molecule has 2 aromatic rings. The molecule has 3 heteroatoms. The van der Waals surface area contributed by atoms with E-state index in [1.807, 2.05) is 48.5 Å². The first-order valence-electron chi connectivity index (χ1n) is 8.98. The average molecular weight is 336 g/mol. The van der Waals surface area contributed by atoms with Crippen LogP contribution in [-0.2, 0) is 0 Å². The molecule has 0 aliphatic heterocycles. The Labute approximate surface area is 151 Å². The minimum atomic E-state index is -0.0880. The molecule has 0 aliphatic rings. The van der Waals surface area contributed by atoms with Crippen LogP contribution >= 0.6 is 0 Å². The van der Waals surface area contributed by atoms with Crippen LogP contribution in [0.5, 0.6) is 0 Å². The molecule has 25 heavy (non-hydrogen) atoms. The van der Waals surface area contributed by atoms with Gasteiger partial charge in [-0.3, -0.25) is 4.79 Å². The summed E-state index contributed by atoms with van der Waals surface area (Å²) < 4.78 is 0. The minimum Gasteiger partial charge on any atom is -0.372 e. The van der Waals surface area contributed by atoms with Crippen molar-refractivity contribution in [1.82, 2.24) is 0 Å². The van der Waals surface area contributed by atoms with Crippen LogP contribution in [0.25, 0.3) is 6.08 Å². The van der Waals surface area contributed by atoms with Crippen LogP contribution in [-0.4, -0.2) is 19.0 Å². The summed E-state index contributed by atoms with van der Waals surface area (Å²) in [6.07, 6.45) is 4.23. The first kappa shape index (κ1) is 18.8. The van der Waals surface area contributed by atoms with Crippen LogP contribution in [0.2, 0.25) is 0 Å². The molecule has 0 aliphatic carbocycles. The highest BCUT2D eigenvalue weighted by atomic mass is 16.1. The number of hydrogen-bond donors (Lipinski definition) is 1. The van der Waals surface area contributed by atoms with Crippen LogP contribution in [0.3, 0.4) is 0 Å².